The number of thioether (sulfide) groups is 1. The van der Waals surface area contributed by atoms with E-state index in [4.69, 9.17) is 9.72 Å². The number of carbonyl (C=O) groups is 1. The predicted molar refractivity (Wildman–Crippen MR) is 109 cm³/mol. The van der Waals surface area contributed by atoms with E-state index in [1.54, 1.807) is 11.8 Å². The second kappa shape index (κ2) is 9.04. The Balaban J connectivity index is 1.38. The van der Waals surface area contributed by atoms with Crippen LogP contribution >= 0.6 is 11.8 Å². The minimum Gasteiger partial charge on any atom is -0.379 e. The third-order valence-electron chi connectivity index (χ3n) is 5.32. The summed E-state index contributed by atoms with van der Waals surface area (Å²) in [6, 6.07) is 8.32. The van der Waals surface area contributed by atoms with Gasteiger partial charge in [0.25, 0.3) is 0 Å². The predicted octanol–water partition coefficient (Wildman–Crippen LogP) is 2.65. The maximum absolute atomic E-state index is 12.4. The molecule has 0 unspecified atom stereocenters. The average molecular weight is 386 g/mol. The number of hydrogen-bond donors (Lipinski definition) is 1. The van der Waals surface area contributed by atoms with Gasteiger partial charge in [0.2, 0.25) is 5.91 Å². The summed E-state index contributed by atoms with van der Waals surface area (Å²) in [6.45, 7) is 5.11. The van der Waals surface area contributed by atoms with Gasteiger partial charge in [0.1, 0.15) is 0 Å². The van der Waals surface area contributed by atoms with Gasteiger partial charge in [-0.3, -0.25) is 14.7 Å². The molecule has 0 saturated carbocycles. The summed E-state index contributed by atoms with van der Waals surface area (Å²) in [5, 5.41) is 4.25. The Morgan fingerprint density at radius 3 is 2.89 bits per heavy atom. The third kappa shape index (κ3) is 4.62. The second-order valence-electron chi connectivity index (χ2n) is 7.18. The van der Waals surface area contributed by atoms with E-state index in [1.807, 2.05) is 6.07 Å². The van der Waals surface area contributed by atoms with Crippen LogP contribution in [0.4, 0.5) is 0 Å². The van der Waals surface area contributed by atoms with E-state index < -0.39 is 0 Å². The van der Waals surface area contributed by atoms with E-state index in [2.05, 4.69) is 28.4 Å². The third-order valence-corrected chi connectivity index (χ3v) is 6.48. The average Bonchev–Trinajstić information content (AvgIpc) is 2.72. The van der Waals surface area contributed by atoms with E-state index >= 15 is 0 Å². The van der Waals surface area contributed by atoms with Crippen molar-refractivity contribution in [3.05, 3.63) is 35.5 Å². The van der Waals surface area contributed by atoms with Crippen LogP contribution in [0.5, 0.6) is 0 Å². The van der Waals surface area contributed by atoms with Crippen molar-refractivity contribution < 1.29 is 9.53 Å². The van der Waals surface area contributed by atoms with Crippen LogP contribution in [-0.2, 0) is 22.4 Å². The maximum atomic E-state index is 12.4. The molecular weight excluding hydrogens is 358 g/mol. The Hall–Kier alpha value is -1.63. The molecule has 1 aliphatic heterocycles. The number of aryl methyl sites for hydroxylation is 1. The smallest absolute Gasteiger partial charge is 0.230 e. The lowest BCUT2D eigenvalue weighted by molar-refractivity contribution is -0.118. The Labute approximate surface area is 164 Å². The quantitative estimate of drug-likeness (QED) is 0.775. The molecule has 27 heavy (non-hydrogen) atoms. The number of morpholine rings is 1. The van der Waals surface area contributed by atoms with Crippen molar-refractivity contribution in [2.45, 2.75) is 30.6 Å². The second-order valence-corrected chi connectivity index (χ2v) is 8.17. The number of hydrogen-bond acceptors (Lipinski definition) is 5. The minimum absolute atomic E-state index is 0.110. The van der Waals surface area contributed by atoms with Crippen molar-refractivity contribution in [3.63, 3.8) is 0 Å². The Morgan fingerprint density at radius 2 is 2.00 bits per heavy atom. The van der Waals surface area contributed by atoms with Gasteiger partial charge in [-0.15, -0.1) is 11.8 Å². The molecule has 2 aromatic rings. The normalized spacial score (nSPS) is 17.6. The van der Waals surface area contributed by atoms with Crippen molar-refractivity contribution in [2.24, 2.45) is 0 Å². The zero-order valence-corrected chi connectivity index (χ0v) is 16.5. The number of pyridine rings is 1. The van der Waals surface area contributed by atoms with Crippen LogP contribution in [0.1, 0.15) is 24.1 Å². The number of nitrogens with one attached hydrogen (secondary N) is 1. The van der Waals surface area contributed by atoms with Crippen LogP contribution in [0.25, 0.3) is 10.9 Å². The number of para-hydroxylation sites is 1. The van der Waals surface area contributed by atoms with Gasteiger partial charge in [0.05, 0.1) is 24.5 Å². The summed E-state index contributed by atoms with van der Waals surface area (Å²) >= 11 is 1.67. The number of rotatable bonds is 6. The molecule has 2 aliphatic rings. The maximum Gasteiger partial charge on any atom is 0.230 e. The summed E-state index contributed by atoms with van der Waals surface area (Å²) in [5.74, 6) is 0.572. The first kappa shape index (κ1) is 18.7. The fraction of sp³-hybridized carbons (Fsp3) is 0.524. The minimum atomic E-state index is 0.110. The van der Waals surface area contributed by atoms with Gasteiger partial charge in [0, 0.05) is 42.2 Å². The lowest BCUT2D eigenvalue weighted by Crippen LogP contribution is -2.41. The van der Waals surface area contributed by atoms with Crippen LogP contribution in [0, 0.1) is 0 Å². The number of benzene rings is 1. The standard InChI is InChI=1S/C21H27N3O2S/c25-20(22-9-10-24-11-13-26-14-12-24)15-27-21-16-5-1-3-7-18(16)23-19-8-4-2-6-17(19)21/h1,3,5,7H,2,4,6,8-15H2,(H,22,25). The first-order chi connectivity index (χ1) is 13.3. The van der Waals surface area contributed by atoms with Crippen molar-refractivity contribution in [1.82, 2.24) is 15.2 Å². The number of nitrogens with zero attached hydrogens (tertiary/aromatic N) is 2. The molecule has 1 saturated heterocycles. The fourth-order valence-corrected chi connectivity index (χ4v) is 4.96. The van der Waals surface area contributed by atoms with Crippen LogP contribution in [-0.4, -0.2) is 60.9 Å². The molecule has 144 valence electrons. The van der Waals surface area contributed by atoms with E-state index in [-0.39, 0.29) is 5.91 Å². The van der Waals surface area contributed by atoms with Gasteiger partial charge in [-0.25, -0.2) is 0 Å². The highest BCUT2D eigenvalue weighted by Gasteiger charge is 2.19. The van der Waals surface area contributed by atoms with Gasteiger partial charge in [0.15, 0.2) is 0 Å². The monoisotopic (exact) mass is 385 g/mol. The van der Waals surface area contributed by atoms with Gasteiger partial charge >= 0.3 is 0 Å². The summed E-state index contributed by atoms with van der Waals surface area (Å²) in [5.41, 5.74) is 3.65. The van der Waals surface area contributed by atoms with Crippen molar-refractivity contribution >= 4 is 28.6 Å². The highest BCUT2D eigenvalue weighted by Crippen LogP contribution is 2.35. The molecule has 1 N–H and O–H groups in total. The zero-order chi connectivity index (χ0) is 18.5. The van der Waals surface area contributed by atoms with Crippen LogP contribution in [0.3, 0.4) is 0 Å². The lowest BCUT2D eigenvalue weighted by atomic mass is 9.94. The molecular formula is C21H27N3O2S. The molecule has 6 heteroatoms. The number of ether oxygens (including phenoxy) is 1. The van der Waals surface area contributed by atoms with E-state index in [9.17, 15) is 4.79 Å². The molecule has 4 rings (SSSR count). The Bertz CT molecular complexity index is 805. The van der Waals surface area contributed by atoms with Gasteiger partial charge in [-0.1, -0.05) is 18.2 Å². The summed E-state index contributed by atoms with van der Waals surface area (Å²) in [4.78, 5) is 20.8. The number of carbonyl (C=O) groups excluding carboxylic acids is 1. The van der Waals surface area contributed by atoms with E-state index in [0.29, 0.717) is 12.3 Å². The molecule has 2 heterocycles. The molecule has 0 atom stereocenters. The molecule has 1 fully saturated rings. The van der Waals surface area contributed by atoms with Gasteiger partial charge in [-0.05, 0) is 37.3 Å². The van der Waals surface area contributed by atoms with Crippen molar-refractivity contribution in [2.75, 3.05) is 45.1 Å². The highest BCUT2D eigenvalue weighted by atomic mass is 32.2. The molecule has 1 aromatic carbocycles. The summed E-state index contributed by atoms with van der Waals surface area (Å²) in [7, 11) is 0. The Kier molecular flexibility index (Phi) is 6.27. The molecule has 1 aromatic heterocycles. The van der Waals surface area contributed by atoms with Gasteiger partial charge < -0.3 is 10.1 Å². The van der Waals surface area contributed by atoms with Gasteiger partial charge in [-0.2, -0.15) is 0 Å². The number of amides is 1. The first-order valence-corrected chi connectivity index (χ1v) is 10.9. The molecule has 0 spiro atoms. The van der Waals surface area contributed by atoms with Crippen LogP contribution < -0.4 is 5.32 Å². The Morgan fingerprint density at radius 1 is 1.19 bits per heavy atom. The number of fused-ring (bicyclic) bond motifs is 2. The topological polar surface area (TPSA) is 54.5 Å². The lowest BCUT2D eigenvalue weighted by Gasteiger charge is -2.26. The fourth-order valence-electron chi connectivity index (χ4n) is 3.86. The highest BCUT2D eigenvalue weighted by molar-refractivity contribution is 8.00. The van der Waals surface area contributed by atoms with Crippen LogP contribution in [0.2, 0.25) is 0 Å². The van der Waals surface area contributed by atoms with E-state index in [0.717, 1.165) is 51.2 Å². The molecule has 0 bridgehead atoms. The molecule has 0 radical (unpaired) electrons. The molecule has 1 amide bonds. The number of aromatic nitrogens is 1. The van der Waals surface area contributed by atoms with E-state index in [1.165, 1.54) is 34.4 Å². The summed E-state index contributed by atoms with van der Waals surface area (Å²) in [6.07, 6.45) is 4.56. The molecule has 1 aliphatic carbocycles. The molecule has 5 nitrogen and oxygen atoms in total. The largest absolute Gasteiger partial charge is 0.379 e. The van der Waals surface area contributed by atoms with Crippen molar-refractivity contribution in [3.8, 4) is 0 Å². The van der Waals surface area contributed by atoms with Crippen LogP contribution in [0.15, 0.2) is 29.2 Å². The summed E-state index contributed by atoms with van der Waals surface area (Å²) < 4.78 is 5.36. The first-order valence-electron chi connectivity index (χ1n) is 9.91. The van der Waals surface area contributed by atoms with Crippen molar-refractivity contribution in [1.29, 1.82) is 0 Å². The SMILES string of the molecule is O=C(CSc1c2c(nc3ccccc13)CCCC2)NCCN1CCOCC1. The zero-order valence-electron chi connectivity index (χ0n) is 15.7.